The van der Waals surface area contributed by atoms with E-state index >= 15 is 0 Å². The molecule has 6 nitrogen and oxygen atoms in total. The normalized spacial score (nSPS) is 24.2. The number of hydrogen-bond donors (Lipinski definition) is 2. The van der Waals surface area contributed by atoms with Gasteiger partial charge in [-0.15, -0.1) is 0 Å². The number of benzene rings is 1. The smallest absolute Gasteiger partial charge is 0.354 e. The average molecular weight is 373 g/mol. The quantitative estimate of drug-likeness (QED) is 0.858. The van der Waals surface area contributed by atoms with E-state index in [9.17, 15) is 14.7 Å². The molecule has 1 aromatic carbocycles. The van der Waals surface area contributed by atoms with Gasteiger partial charge in [0.2, 0.25) is 5.91 Å². The second-order valence-electron chi connectivity index (χ2n) is 6.68. The zero-order valence-corrected chi connectivity index (χ0v) is 14.6. The Balaban J connectivity index is 1.55. The van der Waals surface area contributed by atoms with Gasteiger partial charge >= 0.3 is 5.97 Å². The van der Waals surface area contributed by atoms with Crippen LogP contribution in [0.4, 0.5) is 5.69 Å². The molecule has 2 heterocycles. The van der Waals surface area contributed by atoms with Crippen LogP contribution in [0.3, 0.4) is 0 Å². The zero-order valence-electron chi connectivity index (χ0n) is 13.9. The Morgan fingerprint density at radius 3 is 2.65 bits per heavy atom. The number of amides is 1. The number of aromatic carboxylic acids is 1. The molecule has 4 rings (SSSR count). The van der Waals surface area contributed by atoms with E-state index in [4.69, 9.17) is 16.3 Å². The third-order valence-electron chi connectivity index (χ3n) is 5.17. The van der Waals surface area contributed by atoms with Crippen molar-refractivity contribution >= 4 is 29.2 Å². The van der Waals surface area contributed by atoms with E-state index in [0.717, 1.165) is 0 Å². The minimum absolute atomic E-state index is 0.0416. The Labute approximate surface area is 155 Å². The number of nitrogens with one attached hydrogen (secondary N) is 1. The molecular weight excluding hydrogens is 356 g/mol. The highest BCUT2D eigenvalue weighted by atomic mass is 35.5. The maximum Gasteiger partial charge on any atom is 0.354 e. The van der Waals surface area contributed by atoms with Crippen molar-refractivity contribution in [2.45, 2.75) is 37.2 Å². The van der Waals surface area contributed by atoms with Gasteiger partial charge in [-0.25, -0.2) is 9.78 Å². The summed E-state index contributed by atoms with van der Waals surface area (Å²) in [7, 11) is 0. The summed E-state index contributed by atoms with van der Waals surface area (Å²) in [6.45, 7) is 0. The molecule has 1 spiro atoms. The van der Waals surface area contributed by atoms with E-state index in [-0.39, 0.29) is 17.7 Å². The van der Waals surface area contributed by atoms with Crippen molar-refractivity contribution in [3.05, 3.63) is 52.8 Å². The van der Waals surface area contributed by atoms with Crippen LogP contribution in [0.5, 0.6) is 5.75 Å². The lowest BCUT2D eigenvalue weighted by molar-refractivity contribution is -0.122. The van der Waals surface area contributed by atoms with E-state index in [0.29, 0.717) is 47.8 Å². The number of carbonyl (C=O) groups is 2. The minimum Gasteiger partial charge on any atom is -0.489 e. The number of nitrogens with zero attached hydrogens (tertiary/aromatic N) is 1. The van der Waals surface area contributed by atoms with Crippen molar-refractivity contribution < 1.29 is 19.4 Å². The molecule has 2 aromatic rings. The summed E-state index contributed by atoms with van der Waals surface area (Å²) in [5.74, 6) is -0.575. The summed E-state index contributed by atoms with van der Waals surface area (Å²) in [6, 6.07) is 10.3. The molecule has 1 aliphatic heterocycles. The summed E-state index contributed by atoms with van der Waals surface area (Å²) < 4.78 is 6.00. The molecule has 1 saturated carbocycles. The molecular formula is C19H17ClN2O4. The van der Waals surface area contributed by atoms with Crippen LogP contribution in [0.2, 0.25) is 5.02 Å². The van der Waals surface area contributed by atoms with E-state index in [1.807, 2.05) is 18.2 Å². The maximum atomic E-state index is 12.6. The van der Waals surface area contributed by atoms with Gasteiger partial charge in [0.05, 0.1) is 27.9 Å². The predicted octanol–water partition coefficient (Wildman–Crippen LogP) is 3.64. The van der Waals surface area contributed by atoms with Gasteiger partial charge in [-0.2, -0.15) is 0 Å². The van der Waals surface area contributed by atoms with Gasteiger partial charge in [0.25, 0.3) is 0 Å². The highest BCUT2D eigenvalue weighted by Crippen LogP contribution is 2.47. The molecule has 1 fully saturated rings. The van der Waals surface area contributed by atoms with E-state index in [1.54, 1.807) is 12.1 Å². The Morgan fingerprint density at radius 2 is 1.96 bits per heavy atom. The molecule has 2 aliphatic rings. The second kappa shape index (κ2) is 6.29. The van der Waals surface area contributed by atoms with Gasteiger partial charge in [-0.1, -0.05) is 23.7 Å². The number of hydrogen-bond acceptors (Lipinski definition) is 4. The molecule has 1 aromatic heterocycles. The number of fused-ring (bicyclic) bond motifs is 2. The van der Waals surface area contributed by atoms with Crippen LogP contribution < -0.4 is 10.1 Å². The Hall–Kier alpha value is -2.60. The molecule has 0 unspecified atom stereocenters. The van der Waals surface area contributed by atoms with Gasteiger partial charge in [0.1, 0.15) is 11.4 Å². The number of pyridine rings is 1. The van der Waals surface area contributed by atoms with Crippen LogP contribution in [-0.2, 0) is 10.2 Å². The number of carboxylic acid groups (broad SMARTS) is 1. The number of carbonyl (C=O) groups excluding carboxylic acids is 1. The van der Waals surface area contributed by atoms with Crippen LogP contribution in [0, 0.1) is 0 Å². The van der Waals surface area contributed by atoms with E-state index < -0.39 is 11.4 Å². The van der Waals surface area contributed by atoms with E-state index in [2.05, 4.69) is 10.3 Å². The highest BCUT2D eigenvalue weighted by Gasteiger charge is 2.50. The zero-order chi connectivity index (χ0) is 18.3. The first-order valence-electron chi connectivity index (χ1n) is 8.47. The Kier molecular flexibility index (Phi) is 4.07. The predicted molar refractivity (Wildman–Crippen MR) is 95.8 cm³/mol. The number of ether oxygens (including phenoxy) is 1. The van der Waals surface area contributed by atoms with Crippen molar-refractivity contribution in [3.63, 3.8) is 0 Å². The summed E-state index contributed by atoms with van der Waals surface area (Å²) in [5, 5.41) is 12.6. The van der Waals surface area contributed by atoms with Crippen molar-refractivity contribution in [1.82, 2.24) is 4.98 Å². The average Bonchev–Trinajstić information content (AvgIpc) is 2.90. The molecule has 134 valence electrons. The standard InChI is InChI=1S/C19H17ClN2O4/c20-12-3-1-2-4-15(12)26-11-7-9-19(10-8-11)16-13(22-18(19)25)5-6-14(21-16)17(23)24/h1-6,11H,7-10H2,(H,22,25)(H,23,24)/t11-,19-. The van der Waals surface area contributed by atoms with Gasteiger partial charge in [-0.05, 0) is 49.9 Å². The van der Waals surface area contributed by atoms with Crippen molar-refractivity contribution in [2.75, 3.05) is 5.32 Å². The summed E-state index contributed by atoms with van der Waals surface area (Å²) >= 11 is 6.15. The Bertz CT molecular complexity index is 891. The fourth-order valence-corrected chi connectivity index (χ4v) is 3.96. The fraction of sp³-hybridized carbons (Fsp3) is 0.316. The fourth-order valence-electron chi connectivity index (χ4n) is 3.78. The second-order valence-corrected chi connectivity index (χ2v) is 7.09. The SMILES string of the molecule is O=C(O)c1ccc2c(n1)[C@]1(CC[C@@H](Oc3ccccc3Cl)CC1)C(=O)N2. The molecule has 0 radical (unpaired) electrons. The van der Waals surface area contributed by atoms with Crippen LogP contribution in [0.15, 0.2) is 36.4 Å². The van der Waals surface area contributed by atoms with Crippen LogP contribution in [0.1, 0.15) is 41.9 Å². The van der Waals surface area contributed by atoms with Gasteiger partial charge in [0.15, 0.2) is 0 Å². The summed E-state index contributed by atoms with van der Waals surface area (Å²) in [4.78, 5) is 28.1. The number of anilines is 1. The van der Waals surface area contributed by atoms with Crippen LogP contribution >= 0.6 is 11.6 Å². The first kappa shape index (κ1) is 16.8. The third kappa shape index (κ3) is 2.70. The molecule has 2 N–H and O–H groups in total. The maximum absolute atomic E-state index is 12.6. The lowest BCUT2D eigenvalue weighted by atomic mass is 9.71. The van der Waals surface area contributed by atoms with E-state index in [1.165, 1.54) is 6.07 Å². The topological polar surface area (TPSA) is 88.5 Å². The summed E-state index contributed by atoms with van der Waals surface area (Å²) in [6.07, 6.45) is 2.39. The number of para-hydroxylation sites is 1. The molecule has 0 saturated heterocycles. The van der Waals surface area contributed by atoms with Crippen LogP contribution in [-0.4, -0.2) is 28.1 Å². The molecule has 0 bridgehead atoms. The lowest BCUT2D eigenvalue weighted by Crippen LogP contribution is -2.41. The molecule has 1 amide bonds. The Morgan fingerprint density at radius 1 is 1.23 bits per heavy atom. The lowest BCUT2D eigenvalue weighted by Gasteiger charge is -2.35. The number of carboxylic acids is 1. The van der Waals surface area contributed by atoms with Gasteiger partial charge in [0, 0.05) is 0 Å². The van der Waals surface area contributed by atoms with Crippen LogP contribution in [0.25, 0.3) is 0 Å². The monoisotopic (exact) mass is 372 g/mol. The first-order valence-corrected chi connectivity index (χ1v) is 8.85. The molecule has 26 heavy (non-hydrogen) atoms. The number of halogens is 1. The number of aromatic nitrogens is 1. The molecule has 1 aliphatic carbocycles. The number of rotatable bonds is 3. The molecule has 0 atom stereocenters. The van der Waals surface area contributed by atoms with Gasteiger partial charge < -0.3 is 15.2 Å². The van der Waals surface area contributed by atoms with Crippen molar-refractivity contribution in [2.24, 2.45) is 0 Å². The van der Waals surface area contributed by atoms with Gasteiger partial charge in [-0.3, -0.25) is 4.79 Å². The largest absolute Gasteiger partial charge is 0.489 e. The highest BCUT2D eigenvalue weighted by molar-refractivity contribution is 6.32. The third-order valence-corrected chi connectivity index (χ3v) is 5.48. The summed E-state index contributed by atoms with van der Waals surface area (Å²) in [5.41, 5.74) is 0.319. The van der Waals surface area contributed by atoms with Crippen molar-refractivity contribution in [1.29, 1.82) is 0 Å². The first-order chi connectivity index (χ1) is 12.5. The molecule has 7 heteroatoms. The minimum atomic E-state index is -1.10. The van der Waals surface area contributed by atoms with Crippen molar-refractivity contribution in [3.8, 4) is 5.75 Å².